The maximum absolute atomic E-state index is 13.1. The largest absolute Gasteiger partial charge is 0.460 e. The van der Waals surface area contributed by atoms with Gasteiger partial charge >= 0.3 is 0 Å². The van der Waals surface area contributed by atoms with Gasteiger partial charge in [0.1, 0.15) is 5.82 Å². The van der Waals surface area contributed by atoms with Gasteiger partial charge in [-0.05, 0) is 46.6 Å². The van der Waals surface area contributed by atoms with E-state index < -0.39 is 5.82 Å². The number of aryl methyl sites for hydroxylation is 1. The first-order chi connectivity index (χ1) is 7.59. The minimum absolute atomic E-state index is 0.189. The molecule has 0 aliphatic rings. The topological polar surface area (TPSA) is 30.2 Å². The summed E-state index contributed by atoms with van der Waals surface area (Å²) in [6.07, 6.45) is 1.41. The van der Waals surface area contributed by atoms with Gasteiger partial charge in [0.25, 0.3) is 0 Å². The van der Waals surface area contributed by atoms with E-state index in [1.54, 1.807) is 19.1 Å². The van der Waals surface area contributed by atoms with E-state index in [-0.39, 0.29) is 11.5 Å². The van der Waals surface area contributed by atoms with Crippen LogP contribution in [0.3, 0.4) is 0 Å². The molecule has 0 atom stereocenters. The van der Waals surface area contributed by atoms with E-state index in [1.807, 2.05) is 0 Å². The lowest BCUT2D eigenvalue weighted by Gasteiger charge is -2.03. The summed E-state index contributed by atoms with van der Waals surface area (Å²) in [4.78, 5) is 12.0. The van der Waals surface area contributed by atoms with Gasteiger partial charge in [0.15, 0.2) is 5.76 Å². The summed E-state index contributed by atoms with van der Waals surface area (Å²) in [5.74, 6) is -0.570. The average Bonchev–Trinajstić information content (AvgIpc) is 2.67. The molecule has 1 aromatic heterocycles. The maximum atomic E-state index is 13.1. The summed E-state index contributed by atoms with van der Waals surface area (Å²) in [5.41, 5.74) is 1.03. The standard InChI is InChI=1S/C12H8BrFO2/c1-7-2-3-8(14)6-9(7)11(15)12-10(13)4-5-16-12/h2-6H,1H3. The maximum Gasteiger partial charge on any atom is 0.229 e. The quantitative estimate of drug-likeness (QED) is 0.786. The lowest BCUT2D eigenvalue weighted by atomic mass is 10.0. The van der Waals surface area contributed by atoms with Gasteiger partial charge in [-0.15, -0.1) is 0 Å². The second-order valence-electron chi connectivity index (χ2n) is 3.39. The van der Waals surface area contributed by atoms with Crippen LogP contribution in [0, 0.1) is 12.7 Å². The van der Waals surface area contributed by atoms with E-state index in [2.05, 4.69) is 15.9 Å². The normalized spacial score (nSPS) is 10.4. The SMILES string of the molecule is Cc1ccc(F)cc1C(=O)c1occc1Br. The van der Waals surface area contributed by atoms with Crippen LogP contribution in [0.25, 0.3) is 0 Å². The molecule has 2 nitrogen and oxygen atoms in total. The first-order valence-corrected chi connectivity index (χ1v) is 5.42. The smallest absolute Gasteiger partial charge is 0.229 e. The van der Waals surface area contributed by atoms with Crippen molar-refractivity contribution in [2.24, 2.45) is 0 Å². The predicted molar refractivity (Wildman–Crippen MR) is 61.0 cm³/mol. The van der Waals surface area contributed by atoms with Crippen LogP contribution < -0.4 is 0 Å². The molecule has 1 heterocycles. The van der Waals surface area contributed by atoms with E-state index >= 15 is 0 Å². The minimum atomic E-state index is -0.434. The Bertz CT molecular complexity index is 546. The molecule has 0 saturated carbocycles. The van der Waals surface area contributed by atoms with Crippen molar-refractivity contribution >= 4 is 21.7 Å². The van der Waals surface area contributed by atoms with Gasteiger partial charge in [0.05, 0.1) is 10.7 Å². The molecule has 0 spiro atoms. The molecule has 0 amide bonds. The predicted octanol–water partition coefficient (Wildman–Crippen LogP) is 3.72. The molecule has 1 aromatic carbocycles. The number of benzene rings is 1. The highest BCUT2D eigenvalue weighted by molar-refractivity contribution is 9.10. The van der Waals surface area contributed by atoms with Crippen molar-refractivity contribution < 1.29 is 13.6 Å². The van der Waals surface area contributed by atoms with Crippen molar-refractivity contribution in [3.63, 3.8) is 0 Å². The Morgan fingerprint density at radius 1 is 1.38 bits per heavy atom. The summed E-state index contributed by atoms with van der Waals surface area (Å²) in [7, 11) is 0. The summed E-state index contributed by atoms with van der Waals surface area (Å²) in [6.45, 7) is 1.75. The molecule has 4 heteroatoms. The van der Waals surface area contributed by atoms with Crippen LogP contribution in [0.4, 0.5) is 4.39 Å². The fraction of sp³-hybridized carbons (Fsp3) is 0.0833. The number of hydrogen-bond donors (Lipinski definition) is 0. The van der Waals surface area contributed by atoms with Crippen molar-refractivity contribution in [3.05, 3.63) is 57.7 Å². The second-order valence-corrected chi connectivity index (χ2v) is 4.24. The molecule has 0 fully saturated rings. The van der Waals surface area contributed by atoms with E-state index in [1.165, 1.54) is 18.4 Å². The highest BCUT2D eigenvalue weighted by atomic mass is 79.9. The zero-order valence-corrected chi connectivity index (χ0v) is 10.0. The highest BCUT2D eigenvalue weighted by Crippen LogP contribution is 2.22. The molecule has 0 aliphatic heterocycles. The monoisotopic (exact) mass is 282 g/mol. The number of rotatable bonds is 2. The average molecular weight is 283 g/mol. The van der Waals surface area contributed by atoms with Crippen LogP contribution in [0.2, 0.25) is 0 Å². The van der Waals surface area contributed by atoms with Crippen LogP contribution in [-0.4, -0.2) is 5.78 Å². The number of ketones is 1. The first kappa shape index (κ1) is 11.1. The molecular formula is C12H8BrFO2. The Hall–Kier alpha value is -1.42. The molecule has 0 bridgehead atoms. The fourth-order valence-corrected chi connectivity index (χ4v) is 1.80. The zero-order valence-electron chi connectivity index (χ0n) is 8.46. The van der Waals surface area contributed by atoms with E-state index in [9.17, 15) is 9.18 Å². The van der Waals surface area contributed by atoms with Crippen molar-refractivity contribution in [1.29, 1.82) is 0 Å². The number of carbonyl (C=O) groups is 1. The Labute approximate surface area is 100 Å². The van der Waals surface area contributed by atoms with Gasteiger partial charge in [-0.25, -0.2) is 4.39 Å². The van der Waals surface area contributed by atoms with E-state index in [0.717, 1.165) is 5.56 Å². The Balaban J connectivity index is 2.49. The molecule has 2 rings (SSSR count). The Morgan fingerprint density at radius 3 is 2.75 bits per heavy atom. The van der Waals surface area contributed by atoms with Gasteiger partial charge < -0.3 is 4.42 Å². The molecule has 0 saturated heterocycles. The van der Waals surface area contributed by atoms with Crippen molar-refractivity contribution in [3.8, 4) is 0 Å². The molecule has 16 heavy (non-hydrogen) atoms. The third-order valence-electron chi connectivity index (χ3n) is 2.27. The summed E-state index contributed by atoms with van der Waals surface area (Å²) in [6, 6.07) is 5.73. The summed E-state index contributed by atoms with van der Waals surface area (Å²) >= 11 is 3.20. The molecule has 0 aliphatic carbocycles. The van der Waals surface area contributed by atoms with Crippen molar-refractivity contribution in [2.75, 3.05) is 0 Å². The van der Waals surface area contributed by atoms with Gasteiger partial charge in [-0.1, -0.05) is 6.07 Å². The first-order valence-electron chi connectivity index (χ1n) is 4.63. The summed E-state index contributed by atoms with van der Waals surface area (Å²) in [5, 5.41) is 0. The van der Waals surface area contributed by atoms with Gasteiger partial charge in [-0.2, -0.15) is 0 Å². The van der Waals surface area contributed by atoms with Crippen LogP contribution in [-0.2, 0) is 0 Å². The zero-order chi connectivity index (χ0) is 11.7. The lowest BCUT2D eigenvalue weighted by Crippen LogP contribution is -2.03. The molecule has 0 N–H and O–H groups in total. The minimum Gasteiger partial charge on any atom is -0.460 e. The van der Waals surface area contributed by atoms with E-state index in [0.29, 0.717) is 10.0 Å². The lowest BCUT2D eigenvalue weighted by molar-refractivity contribution is 0.101. The molecule has 0 radical (unpaired) electrons. The van der Waals surface area contributed by atoms with Crippen molar-refractivity contribution in [2.45, 2.75) is 6.92 Å². The van der Waals surface area contributed by atoms with Crippen molar-refractivity contribution in [1.82, 2.24) is 0 Å². The highest BCUT2D eigenvalue weighted by Gasteiger charge is 2.18. The number of hydrogen-bond acceptors (Lipinski definition) is 2. The number of halogens is 2. The van der Waals surface area contributed by atoms with E-state index in [4.69, 9.17) is 4.42 Å². The van der Waals surface area contributed by atoms with Crippen LogP contribution in [0.1, 0.15) is 21.7 Å². The number of furan rings is 1. The summed E-state index contributed by atoms with van der Waals surface area (Å²) < 4.78 is 18.7. The van der Waals surface area contributed by atoms with Gasteiger partial charge in [0.2, 0.25) is 5.78 Å². The number of carbonyl (C=O) groups excluding carboxylic acids is 1. The second kappa shape index (κ2) is 4.22. The fourth-order valence-electron chi connectivity index (χ4n) is 1.42. The third-order valence-corrected chi connectivity index (χ3v) is 2.89. The Morgan fingerprint density at radius 2 is 2.12 bits per heavy atom. The van der Waals surface area contributed by atoms with Crippen LogP contribution in [0.15, 0.2) is 39.4 Å². The van der Waals surface area contributed by atoms with Crippen LogP contribution in [0.5, 0.6) is 0 Å². The Kier molecular flexibility index (Phi) is 2.92. The van der Waals surface area contributed by atoms with Gasteiger partial charge in [0, 0.05) is 5.56 Å². The molecular weight excluding hydrogens is 275 g/mol. The molecule has 2 aromatic rings. The third kappa shape index (κ3) is 1.93. The van der Waals surface area contributed by atoms with Crippen LogP contribution >= 0.6 is 15.9 Å². The van der Waals surface area contributed by atoms with Gasteiger partial charge in [-0.3, -0.25) is 4.79 Å². The molecule has 0 unspecified atom stereocenters. The molecule has 82 valence electrons.